The van der Waals surface area contributed by atoms with Crippen LogP contribution in [-0.2, 0) is 6.54 Å². The zero-order valence-electron chi connectivity index (χ0n) is 9.00. The summed E-state index contributed by atoms with van der Waals surface area (Å²) in [4.78, 5) is 0. The Labute approximate surface area is 103 Å². The van der Waals surface area contributed by atoms with Gasteiger partial charge < -0.3 is 19.9 Å². The van der Waals surface area contributed by atoms with Gasteiger partial charge in [0.1, 0.15) is 0 Å². The van der Waals surface area contributed by atoms with Crippen molar-refractivity contribution in [2.45, 2.75) is 19.5 Å². The van der Waals surface area contributed by atoms with Gasteiger partial charge in [-0.15, -0.1) is 0 Å². The molecule has 0 aliphatic carbocycles. The molecule has 5 heteroatoms. The standard InChI is InChI=1S/C11H14BrNO3/c1-7(5-14)13-4-8-2-10-11(3-9(8)12)16-6-15-10/h2-3,7,13-14H,4-6H2,1H3/t7-/m1/s1. The Kier molecular flexibility index (Phi) is 3.68. The highest BCUT2D eigenvalue weighted by atomic mass is 79.9. The van der Waals surface area contributed by atoms with Crippen LogP contribution in [0.2, 0.25) is 0 Å². The van der Waals surface area contributed by atoms with Crippen molar-refractivity contribution in [3.05, 3.63) is 22.2 Å². The molecular weight excluding hydrogens is 274 g/mol. The number of hydrogen-bond donors (Lipinski definition) is 2. The Bertz CT molecular complexity index is 384. The van der Waals surface area contributed by atoms with E-state index in [9.17, 15) is 0 Å². The molecule has 0 saturated carbocycles. The first-order valence-corrected chi connectivity index (χ1v) is 5.92. The smallest absolute Gasteiger partial charge is 0.231 e. The van der Waals surface area contributed by atoms with E-state index in [0.717, 1.165) is 21.5 Å². The van der Waals surface area contributed by atoms with Gasteiger partial charge in [0.05, 0.1) is 6.61 Å². The molecule has 0 unspecified atom stereocenters. The van der Waals surface area contributed by atoms with E-state index < -0.39 is 0 Å². The molecule has 0 aromatic heterocycles. The zero-order chi connectivity index (χ0) is 11.5. The van der Waals surface area contributed by atoms with Gasteiger partial charge in [-0.1, -0.05) is 15.9 Å². The number of fused-ring (bicyclic) bond motifs is 1. The van der Waals surface area contributed by atoms with Crippen molar-refractivity contribution in [3.63, 3.8) is 0 Å². The van der Waals surface area contributed by atoms with Gasteiger partial charge in [-0.25, -0.2) is 0 Å². The van der Waals surface area contributed by atoms with Crippen molar-refractivity contribution in [3.8, 4) is 11.5 Å². The SMILES string of the molecule is C[C@H](CO)NCc1cc2c(cc1Br)OCO2. The van der Waals surface area contributed by atoms with Gasteiger partial charge in [0.25, 0.3) is 0 Å². The summed E-state index contributed by atoms with van der Waals surface area (Å²) in [6, 6.07) is 3.93. The van der Waals surface area contributed by atoms with Crippen molar-refractivity contribution in [1.82, 2.24) is 5.32 Å². The Morgan fingerprint density at radius 1 is 1.44 bits per heavy atom. The molecule has 0 bridgehead atoms. The number of benzene rings is 1. The van der Waals surface area contributed by atoms with Gasteiger partial charge in [-0.05, 0) is 24.6 Å². The first-order valence-electron chi connectivity index (χ1n) is 5.13. The summed E-state index contributed by atoms with van der Waals surface area (Å²) < 4.78 is 11.6. The number of ether oxygens (including phenoxy) is 2. The van der Waals surface area contributed by atoms with Crippen molar-refractivity contribution in [2.24, 2.45) is 0 Å². The highest BCUT2D eigenvalue weighted by Crippen LogP contribution is 2.36. The molecule has 2 N–H and O–H groups in total. The number of aliphatic hydroxyl groups excluding tert-OH is 1. The van der Waals surface area contributed by atoms with Gasteiger partial charge in [0.15, 0.2) is 11.5 Å². The fourth-order valence-corrected chi connectivity index (χ4v) is 1.91. The van der Waals surface area contributed by atoms with E-state index in [0.29, 0.717) is 6.54 Å². The molecule has 0 amide bonds. The van der Waals surface area contributed by atoms with E-state index in [-0.39, 0.29) is 19.4 Å². The van der Waals surface area contributed by atoms with Gasteiger partial charge >= 0.3 is 0 Å². The molecule has 1 heterocycles. The molecule has 2 rings (SSSR count). The summed E-state index contributed by atoms with van der Waals surface area (Å²) in [5.74, 6) is 1.54. The predicted molar refractivity (Wildman–Crippen MR) is 63.7 cm³/mol. The second-order valence-corrected chi connectivity index (χ2v) is 4.62. The van der Waals surface area contributed by atoms with Gasteiger partial charge in [0.2, 0.25) is 6.79 Å². The van der Waals surface area contributed by atoms with E-state index in [1.165, 1.54) is 0 Å². The molecule has 4 nitrogen and oxygen atoms in total. The van der Waals surface area contributed by atoms with Crippen molar-refractivity contribution in [2.75, 3.05) is 13.4 Å². The molecule has 0 saturated heterocycles. The Morgan fingerprint density at radius 3 is 2.81 bits per heavy atom. The van der Waals surface area contributed by atoms with Crippen LogP contribution in [0, 0.1) is 0 Å². The molecule has 0 spiro atoms. The first-order chi connectivity index (χ1) is 7.70. The van der Waals surface area contributed by atoms with Crippen LogP contribution in [-0.4, -0.2) is 24.5 Å². The maximum Gasteiger partial charge on any atom is 0.231 e. The van der Waals surface area contributed by atoms with Gasteiger partial charge in [0, 0.05) is 17.1 Å². The van der Waals surface area contributed by atoms with E-state index >= 15 is 0 Å². The maximum atomic E-state index is 8.92. The van der Waals surface area contributed by atoms with Crippen LogP contribution in [0.25, 0.3) is 0 Å². The summed E-state index contributed by atoms with van der Waals surface area (Å²) in [5.41, 5.74) is 1.09. The molecule has 1 aliphatic heterocycles. The molecular formula is C11H14BrNO3. The highest BCUT2D eigenvalue weighted by Gasteiger charge is 2.16. The summed E-state index contributed by atoms with van der Waals surface area (Å²) in [7, 11) is 0. The minimum absolute atomic E-state index is 0.0809. The highest BCUT2D eigenvalue weighted by molar-refractivity contribution is 9.10. The number of aliphatic hydroxyl groups is 1. The molecule has 0 radical (unpaired) electrons. The third kappa shape index (κ3) is 2.48. The topological polar surface area (TPSA) is 50.7 Å². The number of halogens is 1. The van der Waals surface area contributed by atoms with Gasteiger partial charge in [-0.3, -0.25) is 0 Å². The van der Waals surface area contributed by atoms with Crippen LogP contribution in [0.1, 0.15) is 12.5 Å². The monoisotopic (exact) mass is 287 g/mol. The van der Waals surface area contributed by atoms with E-state index in [4.69, 9.17) is 14.6 Å². The molecule has 1 aliphatic rings. The summed E-state index contributed by atoms with van der Waals surface area (Å²) in [6.07, 6.45) is 0. The lowest BCUT2D eigenvalue weighted by Gasteiger charge is -2.12. The summed E-state index contributed by atoms with van der Waals surface area (Å²) >= 11 is 3.48. The van der Waals surface area contributed by atoms with Crippen LogP contribution in [0.4, 0.5) is 0 Å². The number of rotatable bonds is 4. The second kappa shape index (κ2) is 5.03. The first kappa shape index (κ1) is 11.7. The van der Waals surface area contributed by atoms with Crippen molar-refractivity contribution in [1.29, 1.82) is 0 Å². The summed E-state index contributed by atoms with van der Waals surface area (Å²) in [5, 5.41) is 12.1. The quantitative estimate of drug-likeness (QED) is 0.884. The minimum atomic E-state index is 0.0809. The number of nitrogens with one attached hydrogen (secondary N) is 1. The Morgan fingerprint density at radius 2 is 2.12 bits per heavy atom. The predicted octanol–water partition coefficient (Wildman–Crippen LogP) is 1.65. The van der Waals surface area contributed by atoms with E-state index in [2.05, 4.69) is 21.2 Å². The third-order valence-corrected chi connectivity index (χ3v) is 3.19. The number of hydrogen-bond acceptors (Lipinski definition) is 4. The molecule has 1 atom stereocenters. The fourth-order valence-electron chi connectivity index (χ4n) is 1.44. The van der Waals surface area contributed by atoms with Crippen LogP contribution < -0.4 is 14.8 Å². The lowest BCUT2D eigenvalue weighted by Crippen LogP contribution is -2.28. The molecule has 0 fully saturated rings. The zero-order valence-corrected chi connectivity index (χ0v) is 10.6. The van der Waals surface area contributed by atoms with Crippen LogP contribution in [0.15, 0.2) is 16.6 Å². The van der Waals surface area contributed by atoms with Crippen LogP contribution >= 0.6 is 15.9 Å². The largest absolute Gasteiger partial charge is 0.454 e. The van der Waals surface area contributed by atoms with E-state index in [1.807, 2.05) is 19.1 Å². The maximum absolute atomic E-state index is 8.92. The summed E-state index contributed by atoms with van der Waals surface area (Å²) in [6.45, 7) is 3.02. The lowest BCUT2D eigenvalue weighted by atomic mass is 10.2. The molecule has 1 aromatic rings. The average molecular weight is 288 g/mol. The fraction of sp³-hybridized carbons (Fsp3) is 0.455. The Balaban J connectivity index is 2.09. The average Bonchev–Trinajstić information content (AvgIpc) is 2.72. The molecule has 88 valence electrons. The molecule has 16 heavy (non-hydrogen) atoms. The normalized spacial score (nSPS) is 15.2. The minimum Gasteiger partial charge on any atom is -0.454 e. The van der Waals surface area contributed by atoms with Gasteiger partial charge in [-0.2, -0.15) is 0 Å². The Hall–Kier alpha value is -0.780. The van der Waals surface area contributed by atoms with E-state index in [1.54, 1.807) is 0 Å². The molecule has 1 aromatic carbocycles. The third-order valence-electron chi connectivity index (χ3n) is 2.46. The van der Waals surface area contributed by atoms with Crippen LogP contribution in [0.3, 0.4) is 0 Å². The van der Waals surface area contributed by atoms with Crippen molar-refractivity contribution < 1.29 is 14.6 Å². The second-order valence-electron chi connectivity index (χ2n) is 3.76. The van der Waals surface area contributed by atoms with Crippen LogP contribution in [0.5, 0.6) is 11.5 Å². The lowest BCUT2D eigenvalue weighted by molar-refractivity contribution is 0.174. The van der Waals surface area contributed by atoms with Crippen molar-refractivity contribution >= 4 is 15.9 Å².